The van der Waals surface area contributed by atoms with Gasteiger partial charge in [0.05, 0.1) is 11.5 Å². The Morgan fingerprint density at radius 1 is 1.47 bits per heavy atom. The van der Waals surface area contributed by atoms with Crippen molar-refractivity contribution in [1.29, 1.82) is 0 Å². The fourth-order valence-electron chi connectivity index (χ4n) is 2.11. The molecule has 0 radical (unpaired) electrons. The predicted molar refractivity (Wildman–Crippen MR) is 70.2 cm³/mol. The van der Waals surface area contributed by atoms with Crippen molar-refractivity contribution in [3.8, 4) is 0 Å². The fraction of sp³-hybridized carbons (Fsp3) is 0.462. The van der Waals surface area contributed by atoms with Crippen LogP contribution in [0, 0.1) is 18.7 Å². The number of benzene rings is 1. The van der Waals surface area contributed by atoms with Gasteiger partial charge < -0.3 is 5.32 Å². The quantitative estimate of drug-likeness (QED) is 0.910. The maximum Gasteiger partial charge on any atom is 0.251 e. The fourth-order valence-corrected chi connectivity index (χ4v) is 3.97. The maximum atomic E-state index is 13.3. The Balaban J connectivity index is 1.93. The second-order valence-electron chi connectivity index (χ2n) is 4.94. The number of rotatable bonds is 3. The highest BCUT2D eigenvalue weighted by Crippen LogP contribution is 2.17. The summed E-state index contributed by atoms with van der Waals surface area (Å²) in [5.74, 6) is -0.522. The van der Waals surface area contributed by atoms with Crippen LogP contribution >= 0.6 is 0 Å². The van der Waals surface area contributed by atoms with E-state index in [4.69, 9.17) is 0 Å². The molecule has 1 amide bonds. The van der Waals surface area contributed by atoms with Gasteiger partial charge in [0.15, 0.2) is 9.84 Å². The van der Waals surface area contributed by atoms with E-state index in [1.165, 1.54) is 6.07 Å². The minimum atomic E-state index is -2.93. The zero-order valence-electron chi connectivity index (χ0n) is 10.6. The minimum Gasteiger partial charge on any atom is -0.352 e. The third-order valence-electron chi connectivity index (χ3n) is 3.31. The second-order valence-corrected chi connectivity index (χ2v) is 7.17. The van der Waals surface area contributed by atoms with E-state index in [0.29, 0.717) is 18.5 Å². The van der Waals surface area contributed by atoms with Crippen molar-refractivity contribution in [1.82, 2.24) is 5.32 Å². The van der Waals surface area contributed by atoms with Gasteiger partial charge in [0.2, 0.25) is 0 Å². The number of halogens is 1. The van der Waals surface area contributed by atoms with Crippen LogP contribution in [0.1, 0.15) is 22.3 Å². The molecule has 1 aromatic rings. The van der Waals surface area contributed by atoms with Gasteiger partial charge in [-0.1, -0.05) is 6.07 Å². The first-order chi connectivity index (χ1) is 8.87. The first-order valence-electron chi connectivity index (χ1n) is 6.12. The van der Waals surface area contributed by atoms with Crippen molar-refractivity contribution in [2.24, 2.45) is 5.92 Å². The van der Waals surface area contributed by atoms with Crippen LogP contribution in [-0.4, -0.2) is 32.4 Å². The van der Waals surface area contributed by atoms with Crippen LogP contribution in [0.15, 0.2) is 18.2 Å². The number of sulfone groups is 1. The van der Waals surface area contributed by atoms with E-state index in [0.717, 1.165) is 0 Å². The van der Waals surface area contributed by atoms with Gasteiger partial charge in [-0.05, 0) is 37.0 Å². The lowest BCUT2D eigenvalue weighted by Crippen LogP contribution is -2.29. The summed E-state index contributed by atoms with van der Waals surface area (Å²) in [6, 6.07) is 4.29. The summed E-state index contributed by atoms with van der Waals surface area (Å²) in [6.45, 7) is 1.94. The third-order valence-corrected chi connectivity index (χ3v) is 5.15. The predicted octanol–water partition coefficient (Wildman–Crippen LogP) is 1.30. The van der Waals surface area contributed by atoms with Crippen LogP contribution in [0.4, 0.5) is 4.39 Å². The number of carbonyl (C=O) groups excluding carboxylic acids is 1. The normalized spacial score (nSPS) is 21.3. The van der Waals surface area contributed by atoms with Crippen molar-refractivity contribution in [3.63, 3.8) is 0 Å². The number of hydrogen-bond acceptors (Lipinski definition) is 3. The Labute approximate surface area is 111 Å². The lowest BCUT2D eigenvalue weighted by molar-refractivity contribution is 0.0948. The summed E-state index contributed by atoms with van der Waals surface area (Å²) in [5.41, 5.74) is 0.738. The monoisotopic (exact) mass is 285 g/mol. The van der Waals surface area contributed by atoms with E-state index in [1.807, 2.05) is 0 Å². The number of nitrogens with one attached hydrogen (secondary N) is 1. The highest BCUT2D eigenvalue weighted by Gasteiger charge is 2.27. The Kier molecular flexibility index (Phi) is 3.89. The smallest absolute Gasteiger partial charge is 0.251 e. The molecule has 1 heterocycles. The summed E-state index contributed by atoms with van der Waals surface area (Å²) in [4.78, 5) is 11.8. The van der Waals surface area contributed by atoms with E-state index in [2.05, 4.69) is 5.32 Å². The van der Waals surface area contributed by atoms with Crippen LogP contribution < -0.4 is 5.32 Å². The van der Waals surface area contributed by atoms with Gasteiger partial charge in [0, 0.05) is 12.1 Å². The molecule has 1 fully saturated rings. The summed E-state index contributed by atoms with van der Waals surface area (Å²) in [6.07, 6.45) is 0.574. The highest BCUT2D eigenvalue weighted by molar-refractivity contribution is 7.91. The Hall–Kier alpha value is -1.43. The summed E-state index contributed by atoms with van der Waals surface area (Å²) >= 11 is 0. The van der Waals surface area contributed by atoms with Gasteiger partial charge in [-0.2, -0.15) is 0 Å². The molecule has 2 rings (SSSR count). The van der Waals surface area contributed by atoms with Crippen LogP contribution in [0.25, 0.3) is 0 Å². The van der Waals surface area contributed by atoms with Gasteiger partial charge in [-0.3, -0.25) is 4.79 Å². The zero-order valence-corrected chi connectivity index (χ0v) is 11.5. The highest BCUT2D eigenvalue weighted by atomic mass is 32.2. The molecular weight excluding hydrogens is 269 g/mol. The van der Waals surface area contributed by atoms with Gasteiger partial charge in [-0.15, -0.1) is 0 Å². The molecule has 0 aromatic heterocycles. The largest absolute Gasteiger partial charge is 0.352 e. The van der Waals surface area contributed by atoms with E-state index in [-0.39, 0.29) is 28.9 Å². The first kappa shape index (κ1) is 14.0. The van der Waals surface area contributed by atoms with E-state index in [9.17, 15) is 17.6 Å². The topological polar surface area (TPSA) is 63.2 Å². The molecule has 1 saturated heterocycles. The molecule has 1 aliphatic rings. The molecular formula is C13H16FNO3S. The minimum absolute atomic E-state index is 0.0377. The molecule has 104 valence electrons. The number of hydrogen-bond donors (Lipinski definition) is 1. The molecule has 0 spiro atoms. The molecule has 1 atom stereocenters. The van der Waals surface area contributed by atoms with Crippen molar-refractivity contribution >= 4 is 15.7 Å². The van der Waals surface area contributed by atoms with Gasteiger partial charge in [0.25, 0.3) is 5.91 Å². The molecule has 19 heavy (non-hydrogen) atoms. The summed E-state index contributed by atoms with van der Waals surface area (Å²) in [5, 5.41) is 2.66. The third kappa shape index (κ3) is 3.53. The molecule has 1 unspecified atom stereocenters. The molecule has 1 N–H and O–H groups in total. The molecule has 1 aliphatic heterocycles. The Morgan fingerprint density at radius 2 is 2.21 bits per heavy atom. The molecule has 1 aromatic carbocycles. The van der Waals surface area contributed by atoms with E-state index >= 15 is 0 Å². The molecule has 0 saturated carbocycles. The van der Waals surface area contributed by atoms with Crippen molar-refractivity contribution in [3.05, 3.63) is 35.1 Å². The Morgan fingerprint density at radius 3 is 2.79 bits per heavy atom. The molecule has 6 heteroatoms. The van der Waals surface area contributed by atoms with E-state index in [1.54, 1.807) is 19.1 Å². The first-order valence-corrected chi connectivity index (χ1v) is 7.94. The van der Waals surface area contributed by atoms with Crippen LogP contribution in [0.2, 0.25) is 0 Å². The van der Waals surface area contributed by atoms with Crippen LogP contribution in [0.3, 0.4) is 0 Å². The average molecular weight is 285 g/mol. The van der Waals surface area contributed by atoms with Crippen molar-refractivity contribution in [2.75, 3.05) is 18.1 Å². The summed E-state index contributed by atoms with van der Waals surface area (Å²) in [7, 11) is -2.93. The Bertz CT molecular complexity index is 598. The number of carbonyl (C=O) groups is 1. The standard InChI is InChI=1S/C13H16FNO3S/c1-9-2-3-11(6-12(9)14)13(16)15-7-10-4-5-19(17,18)8-10/h2-3,6,10H,4-5,7-8H2,1H3,(H,15,16). The van der Waals surface area contributed by atoms with Crippen molar-refractivity contribution < 1.29 is 17.6 Å². The average Bonchev–Trinajstić information content (AvgIpc) is 2.69. The summed E-state index contributed by atoms with van der Waals surface area (Å²) < 4.78 is 35.9. The van der Waals surface area contributed by atoms with Gasteiger partial charge >= 0.3 is 0 Å². The molecule has 4 nitrogen and oxygen atoms in total. The van der Waals surface area contributed by atoms with Crippen LogP contribution in [-0.2, 0) is 9.84 Å². The maximum absolute atomic E-state index is 13.3. The van der Waals surface area contributed by atoms with Gasteiger partial charge in [-0.25, -0.2) is 12.8 Å². The lowest BCUT2D eigenvalue weighted by Gasteiger charge is -2.10. The van der Waals surface area contributed by atoms with Crippen LogP contribution in [0.5, 0.6) is 0 Å². The molecule has 0 aliphatic carbocycles. The van der Waals surface area contributed by atoms with Crippen molar-refractivity contribution in [2.45, 2.75) is 13.3 Å². The second kappa shape index (κ2) is 5.28. The van der Waals surface area contributed by atoms with Gasteiger partial charge in [0.1, 0.15) is 5.82 Å². The van der Waals surface area contributed by atoms with E-state index < -0.39 is 15.7 Å². The SMILES string of the molecule is Cc1ccc(C(=O)NCC2CCS(=O)(=O)C2)cc1F. The number of aryl methyl sites for hydroxylation is 1. The molecule has 0 bridgehead atoms. The number of amides is 1. The lowest BCUT2D eigenvalue weighted by atomic mass is 10.1. The zero-order chi connectivity index (χ0) is 14.0.